The summed E-state index contributed by atoms with van der Waals surface area (Å²) in [4.78, 5) is 23.3. The van der Waals surface area contributed by atoms with E-state index in [1.54, 1.807) is 13.8 Å². The first-order valence-electron chi connectivity index (χ1n) is 7.45. The van der Waals surface area contributed by atoms with Crippen LogP contribution in [-0.4, -0.2) is 33.6 Å². The van der Waals surface area contributed by atoms with Crippen LogP contribution in [0.25, 0.3) is 0 Å². The van der Waals surface area contributed by atoms with Crippen LogP contribution in [0.15, 0.2) is 4.52 Å². The van der Waals surface area contributed by atoms with Crippen molar-refractivity contribution in [2.75, 3.05) is 0 Å². The van der Waals surface area contributed by atoms with Gasteiger partial charge in [-0.3, -0.25) is 9.59 Å². The van der Waals surface area contributed by atoms with Crippen LogP contribution >= 0.6 is 0 Å². The summed E-state index contributed by atoms with van der Waals surface area (Å²) in [7, 11) is 0. The van der Waals surface area contributed by atoms with E-state index >= 15 is 0 Å². The third-order valence-electron chi connectivity index (χ3n) is 4.35. The van der Waals surface area contributed by atoms with Gasteiger partial charge in [-0.15, -0.1) is 0 Å². The van der Waals surface area contributed by atoms with Crippen LogP contribution in [0, 0.1) is 13.8 Å². The fourth-order valence-electron chi connectivity index (χ4n) is 2.98. The molecule has 23 heavy (non-hydrogen) atoms. The maximum atomic E-state index is 13.4. The summed E-state index contributed by atoms with van der Waals surface area (Å²) in [6.45, 7) is 3.38. The number of rotatable bonds is 5. The van der Waals surface area contributed by atoms with Gasteiger partial charge < -0.3 is 14.9 Å². The minimum Gasteiger partial charge on any atom is -0.481 e. The molecule has 6 nitrogen and oxygen atoms in total. The van der Waals surface area contributed by atoms with E-state index in [9.17, 15) is 18.4 Å². The quantitative estimate of drug-likeness (QED) is 0.865. The summed E-state index contributed by atoms with van der Waals surface area (Å²) >= 11 is 0. The zero-order chi connectivity index (χ0) is 17.3. The van der Waals surface area contributed by atoms with Crippen molar-refractivity contribution in [3.63, 3.8) is 0 Å². The number of carbonyl (C=O) groups excluding carboxylic acids is 1. The van der Waals surface area contributed by atoms with Crippen LogP contribution in [0.5, 0.6) is 0 Å². The van der Waals surface area contributed by atoms with Gasteiger partial charge in [0, 0.05) is 18.4 Å². The lowest BCUT2D eigenvalue weighted by molar-refractivity contribution is -0.141. The highest BCUT2D eigenvalue weighted by Gasteiger charge is 2.45. The monoisotopic (exact) mass is 330 g/mol. The molecule has 2 rings (SSSR count). The summed E-state index contributed by atoms with van der Waals surface area (Å²) in [5, 5.41) is 15.5. The third-order valence-corrected chi connectivity index (χ3v) is 4.35. The first-order valence-corrected chi connectivity index (χ1v) is 7.45. The Bertz CT molecular complexity index is 583. The largest absolute Gasteiger partial charge is 0.481 e. The zero-order valence-corrected chi connectivity index (χ0v) is 13.1. The van der Waals surface area contributed by atoms with Crippen molar-refractivity contribution >= 4 is 11.9 Å². The highest BCUT2D eigenvalue weighted by atomic mass is 19.3. The SMILES string of the molecule is Cc1noc(C)c1CC(=O)NC1(CC(=O)O)CCC(F)(F)CC1. The van der Waals surface area contributed by atoms with Gasteiger partial charge in [-0.2, -0.15) is 0 Å². The van der Waals surface area contributed by atoms with E-state index in [-0.39, 0.29) is 25.7 Å². The Balaban J connectivity index is 2.09. The topological polar surface area (TPSA) is 92.4 Å². The summed E-state index contributed by atoms with van der Waals surface area (Å²) in [5.41, 5.74) is 0.0954. The Kier molecular flexibility index (Phi) is 4.72. The molecular weight excluding hydrogens is 310 g/mol. The van der Waals surface area contributed by atoms with Crippen LogP contribution in [0.3, 0.4) is 0 Å². The molecule has 1 amide bonds. The van der Waals surface area contributed by atoms with Crippen molar-refractivity contribution in [3.05, 3.63) is 17.0 Å². The van der Waals surface area contributed by atoms with Crippen LogP contribution in [0.2, 0.25) is 0 Å². The highest BCUT2D eigenvalue weighted by molar-refractivity contribution is 5.81. The molecule has 2 N–H and O–H groups in total. The smallest absolute Gasteiger partial charge is 0.305 e. The van der Waals surface area contributed by atoms with E-state index < -0.39 is 36.2 Å². The Hall–Kier alpha value is -1.99. The predicted molar refractivity (Wildman–Crippen MR) is 76.2 cm³/mol. The Morgan fingerprint density at radius 2 is 1.87 bits per heavy atom. The molecular formula is C15H20F2N2O4. The van der Waals surface area contributed by atoms with Gasteiger partial charge in [0.25, 0.3) is 0 Å². The fourth-order valence-corrected chi connectivity index (χ4v) is 2.98. The van der Waals surface area contributed by atoms with Crippen molar-refractivity contribution in [1.82, 2.24) is 10.5 Å². The third kappa shape index (κ3) is 4.27. The maximum absolute atomic E-state index is 13.4. The summed E-state index contributed by atoms with van der Waals surface area (Å²) in [6.07, 6.45) is -1.34. The molecule has 128 valence electrons. The van der Waals surface area contributed by atoms with Gasteiger partial charge in [-0.1, -0.05) is 5.16 Å². The minimum absolute atomic E-state index is 0.0150. The Morgan fingerprint density at radius 1 is 1.26 bits per heavy atom. The average Bonchev–Trinajstić information content (AvgIpc) is 2.74. The number of hydrogen-bond acceptors (Lipinski definition) is 4. The zero-order valence-electron chi connectivity index (χ0n) is 13.1. The predicted octanol–water partition coefficient (Wildman–Crippen LogP) is 2.37. The average molecular weight is 330 g/mol. The van der Waals surface area contributed by atoms with Crippen molar-refractivity contribution in [3.8, 4) is 0 Å². The van der Waals surface area contributed by atoms with Gasteiger partial charge >= 0.3 is 5.97 Å². The van der Waals surface area contributed by atoms with Gasteiger partial charge in [0.1, 0.15) is 5.76 Å². The molecule has 0 unspecified atom stereocenters. The number of carboxylic acid groups (broad SMARTS) is 1. The molecule has 1 saturated carbocycles. The summed E-state index contributed by atoms with van der Waals surface area (Å²) in [6, 6.07) is 0. The van der Waals surface area contributed by atoms with Crippen LogP contribution in [-0.2, 0) is 16.0 Å². The Labute approximate surface area is 132 Å². The fraction of sp³-hybridized carbons (Fsp3) is 0.667. The van der Waals surface area contributed by atoms with Crippen molar-refractivity contribution < 1.29 is 28.0 Å². The number of carboxylic acids is 1. The lowest BCUT2D eigenvalue weighted by Gasteiger charge is -2.39. The van der Waals surface area contributed by atoms with E-state index in [1.165, 1.54) is 0 Å². The maximum Gasteiger partial charge on any atom is 0.305 e. The number of halogens is 2. The van der Waals surface area contributed by atoms with Crippen molar-refractivity contribution in [1.29, 1.82) is 0 Å². The lowest BCUT2D eigenvalue weighted by atomic mass is 9.77. The summed E-state index contributed by atoms with van der Waals surface area (Å²) in [5.74, 6) is -3.81. The number of nitrogens with one attached hydrogen (secondary N) is 1. The van der Waals surface area contributed by atoms with Crippen LogP contribution < -0.4 is 5.32 Å². The highest BCUT2D eigenvalue weighted by Crippen LogP contribution is 2.40. The number of aliphatic carboxylic acids is 1. The number of nitrogens with zero attached hydrogens (tertiary/aromatic N) is 1. The first-order chi connectivity index (χ1) is 10.6. The molecule has 0 aliphatic heterocycles. The van der Waals surface area contributed by atoms with Crippen molar-refractivity contribution in [2.45, 2.75) is 63.8 Å². The number of aromatic nitrogens is 1. The molecule has 0 aromatic carbocycles. The molecule has 1 aliphatic carbocycles. The molecule has 8 heteroatoms. The molecule has 0 spiro atoms. The number of carbonyl (C=O) groups is 2. The van der Waals surface area contributed by atoms with Crippen LogP contribution in [0.4, 0.5) is 8.78 Å². The van der Waals surface area contributed by atoms with Gasteiger partial charge in [0.2, 0.25) is 11.8 Å². The van der Waals surface area contributed by atoms with E-state index in [0.29, 0.717) is 17.0 Å². The van der Waals surface area contributed by atoms with Gasteiger partial charge in [-0.25, -0.2) is 8.78 Å². The number of aryl methyl sites for hydroxylation is 2. The minimum atomic E-state index is -2.80. The first kappa shape index (κ1) is 17.4. The number of hydrogen-bond donors (Lipinski definition) is 2. The molecule has 1 heterocycles. The summed E-state index contributed by atoms with van der Waals surface area (Å²) < 4.78 is 31.7. The molecule has 0 saturated heterocycles. The Morgan fingerprint density at radius 3 is 2.35 bits per heavy atom. The normalized spacial score (nSPS) is 19.3. The second kappa shape index (κ2) is 6.25. The van der Waals surface area contributed by atoms with E-state index in [0.717, 1.165) is 0 Å². The molecule has 1 aliphatic rings. The van der Waals surface area contributed by atoms with Gasteiger partial charge in [0.05, 0.1) is 24.1 Å². The molecule has 1 aromatic heterocycles. The second-order valence-corrected chi connectivity index (χ2v) is 6.23. The van der Waals surface area contributed by atoms with E-state index in [2.05, 4.69) is 10.5 Å². The molecule has 0 radical (unpaired) electrons. The molecule has 1 aromatic rings. The van der Waals surface area contributed by atoms with Crippen molar-refractivity contribution in [2.24, 2.45) is 0 Å². The van der Waals surface area contributed by atoms with Gasteiger partial charge in [0.15, 0.2) is 0 Å². The standard InChI is InChI=1S/C15H20F2N2O4/c1-9-11(10(2)23-19-9)7-12(20)18-14(8-13(21)22)3-5-15(16,17)6-4-14/h3-8H2,1-2H3,(H,18,20)(H,21,22). The molecule has 1 fully saturated rings. The van der Waals surface area contributed by atoms with E-state index in [1.807, 2.05) is 0 Å². The lowest BCUT2D eigenvalue weighted by Crippen LogP contribution is -2.54. The number of alkyl halides is 2. The molecule has 0 bridgehead atoms. The van der Waals surface area contributed by atoms with Gasteiger partial charge in [-0.05, 0) is 26.7 Å². The van der Waals surface area contributed by atoms with Crippen LogP contribution in [0.1, 0.15) is 49.1 Å². The van der Waals surface area contributed by atoms with E-state index in [4.69, 9.17) is 9.63 Å². The second-order valence-electron chi connectivity index (χ2n) is 6.23. The number of amides is 1. The molecule has 0 atom stereocenters.